The molecule has 0 atom stereocenters. The second kappa shape index (κ2) is 6.35. The molecule has 0 fully saturated rings. The molecule has 2 aromatic heterocycles. The summed E-state index contributed by atoms with van der Waals surface area (Å²) in [6.07, 6.45) is 0. The predicted octanol–water partition coefficient (Wildman–Crippen LogP) is 1.17. The van der Waals surface area contributed by atoms with E-state index in [4.69, 9.17) is 5.11 Å². The molecule has 2 aromatic carbocycles. The summed E-state index contributed by atoms with van der Waals surface area (Å²) in [6.45, 7) is -0.480. The minimum Gasteiger partial charge on any atom is -0.480 e. The van der Waals surface area contributed by atoms with E-state index in [-0.39, 0.29) is 10.1 Å². The van der Waals surface area contributed by atoms with E-state index in [1.54, 1.807) is 24.3 Å². The van der Waals surface area contributed by atoms with Gasteiger partial charge in [0.25, 0.3) is 11.5 Å². The van der Waals surface area contributed by atoms with Crippen molar-refractivity contribution < 1.29 is 14.7 Å². The fraction of sp³-hybridized carbons (Fsp3) is 0.0500. The molecule has 142 valence electrons. The van der Waals surface area contributed by atoms with Gasteiger partial charge in [0.2, 0.25) is 4.96 Å². The predicted molar refractivity (Wildman–Crippen MR) is 107 cm³/mol. The Morgan fingerprint density at radius 3 is 2.48 bits per heavy atom. The Hall–Kier alpha value is -3.85. The number of aliphatic carboxylic acids is 1. The molecule has 5 rings (SSSR count). The van der Waals surface area contributed by atoms with Crippen LogP contribution in [0.1, 0.15) is 5.56 Å². The number of rotatable bonds is 3. The van der Waals surface area contributed by atoms with Crippen LogP contribution in [0.4, 0.5) is 5.69 Å². The highest BCUT2D eigenvalue weighted by Gasteiger charge is 2.35. The molecule has 1 aliphatic rings. The summed E-state index contributed by atoms with van der Waals surface area (Å²) >= 11 is 1.07. The maximum Gasteiger partial charge on any atom is 0.323 e. The van der Waals surface area contributed by atoms with Crippen molar-refractivity contribution in [2.45, 2.75) is 0 Å². The van der Waals surface area contributed by atoms with Gasteiger partial charge in [-0.2, -0.15) is 9.50 Å². The van der Waals surface area contributed by atoms with Crippen LogP contribution in [0, 0.1) is 0 Å². The Morgan fingerprint density at radius 1 is 1.03 bits per heavy atom. The number of hydrogen-bond donors (Lipinski definition) is 1. The zero-order valence-electron chi connectivity index (χ0n) is 14.8. The second-order valence-electron chi connectivity index (χ2n) is 6.41. The van der Waals surface area contributed by atoms with E-state index >= 15 is 0 Å². The topological polar surface area (TPSA) is 105 Å². The van der Waals surface area contributed by atoms with Crippen LogP contribution in [0.3, 0.4) is 0 Å². The maximum atomic E-state index is 13.0. The molecule has 1 aliphatic heterocycles. The Kier molecular flexibility index (Phi) is 3.78. The second-order valence-corrected chi connectivity index (χ2v) is 7.39. The third-order valence-corrected chi connectivity index (χ3v) is 5.66. The molecule has 0 bridgehead atoms. The zero-order valence-corrected chi connectivity index (χ0v) is 15.6. The first-order valence-corrected chi connectivity index (χ1v) is 9.48. The highest BCUT2D eigenvalue weighted by molar-refractivity contribution is 7.15. The van der Waals surface area contributed by atoms with E-state index in [2.05, 4.69) is 10.1 Å². The van der Waals surface area contributed by atoms with Gasteiger partial charge in [-0.1, -0.05) is 59.9 Å². The van der Waals surface area contributed by atoms with E-state index in [0.717, 1.165) is 21.8 Å². The van der Waals surface area contributed by atoms with Gasteiger partial charge < -0.3 is 5.11 Å². The highest BCUT2D eigenvalue weighted by Crippen LogP contribution is 2.34. The van der Waals surface area contributed by atoms with Crippen LogP contribution in [0.25, 0.3) is 21.9 Å². The zero-order chi connectivity index (χ0) is 20.1. The van der Waals surface area contributed by atoms with Gasteiger partial charge in [-0.05, 0) is 6.07 Å². The van der Waals surface area contributed by atoms with Gasteiger partial charge in [-0.3, -0.25) is 19.3 Å². The van der Waals surface area contributed by atoms with Gasteiger partial charge in [-0.15, -0.1) is 5.10 Å². The number of carbonyl (C=O) groups is 2. The molecule has 0 aliphatic carbocycles. The van der Waals surface area contributed by atoms with Crippen molar-refractivity contribution in [3.05, 3.63) is 75.0 Å². The lowest BCUT2D eigenvalue weighted by molar-refractivity contribution is -0.136. The SMILES string of the molecule is O=C(O)CN1C(=O)C(=c2sc3nc(-c4ccccc4)nn3c2=O)c2ccccc21. The molecule has 0 saturated heterocycles. The molecular formula is C20H12N4O4S. The van der Waals surface area contributed by atoms with Crippen LogP contribution in [-0.4, -0.2) is 38.1 Å². The van der Waals surface area contributed by atoms with E-state index in [9.17, 15) is 14.4 Å². The molecular weight excluding hydrogens is 392 g/mol. The normalized spacial score (nSPS) is 15.2. The van der Waals surface area contributed by atoms with Crippen LogP contribution < -0.4 is 15.0 Å². The van der Waals surface area contributed by atoms with Gasteiger partial charge in [0.15, 0.2) is 5.82 Å². The van der Waals surface area contributed by atoms with E-state index in [1.165, 1.54) is 4.52 Å². The molecule has 4 aromatic rings. The third kappa shape index (κ3) is 2.63. The molecule has 3 heterocycles. The van der Waals surface area contributed by atoms with Crippen molar-refractivity contribution in [1.82, 2.24) is 14.6 Å². The molecule has 1 N–H and O–H groups in total. The van der Waals surface area contributed by atoms with Gasteiger partial charge >= 0.3 is 5.97 Å². The molecule has 9 heteroatoms. The fourth-order valence-corrected chi connectivity index (χ4v) is 4.38. The lowest BCUT2D eigenvalue weighted by Crippen LogP contribution is -2.35. The number of benzene rings is 2. The number of anilines is 1. The molecule has 1 amide bonds. The number of carboxylic acid groups (broad SMARTS) is 1. The summed E-state index contributed by atoms with van der Waals surface area (Å²) in [7, 11) is 0. The maximum absolute atomic E-state index is 13.0. The minimum atomic E-state index is -1.13. The first kappa shape index (κ1) is 17.3. The number of carboxylic acids is 1. The van der Waals surface area contributed by atoms with E-state index in [1.807, 2.05) is 30.3 Å². The number of aromatic nitrogens is 3. The minimum absolute atomic E-state index is 0.186. The van der Waals surface area contributed by atoms with Crippen LogP contribution in [-0.2, 0) is 9.59 Å². The highest BCUT2D eigenvalue weighted by atomic mass is 32.1. The number of carbonyl (C=O) groups excluding carboxylic acids is 1. The fourth-order valence-electron chi connectivity index (χ4n) is 3.39. The monoisotopic (exact) mass is 404 g/mol. The Morgan fingerprint density at radius 2 is 1.76 bits per heavy atom. The number of amides is 1. The van der Waals surface area contributed by atoms with Crippen molar-refractivity contribution >= 4 is 39.4 Å². The summed E-state index contributed by atoms with van der Waals surface area (Å²) in [5.41, 5.74) is 1.52. The van der Waals surface area contributed by atoms with Crippen molar-refractivity contribution in [3.63, 3.8) is 0 Å². The molecule has 0 radical (unpaired) electrons. The van der Waals surface area contributed by atoms with Crippen LogP contribution in [0.2, 0.25) is 0 Å². The lowest BCUT2D eigenvalue weighted by atomic mass is 10.1. The lowest BCUT2D eigenvalue weighted by Gasteiger charge is -2.13. The summed E-state index contributed by atoms with van der Waals surface area (Å²) in [4.78, 5) is 43.2. The summed E-state index contributed by atoms with van der Waals surface area (Å²) in [5, 5.41) is 13.5. The molecule has 0 saturated carbocycles. The molecule has 0 spiro atoms. The van der Waals surface area contributed by atoms with E-state index in [0.29, 0.717) is 22.0 Å². The van der Waals surface area contributed by atoms with Crippen LogP contribution >= 0.6 is 11.3 Å². The van der Waals surface area contributed by atoms with Crippen molar-refractivity contribution in [2.75, 3.05) is 11.4 Å². The molecule has 8 nitrogen and oxygen atoms in total. The first-order chi connectivity index (χ1) is 14.0. The summed E-state index contributed by atoms with van der Waals surface area (Å²) < 4.78 is 1.38. The molecule has 0 unspecified atom stereocenters. The quantitative estimate of drug-likeness (QED) is 0.550. The van der Waals surface area contributed by atoms with Gasteiger partial charge in [0.05, 0.1) is 11.3 Å². The Labute approximate surface area is 167 Å². The van der Waals surface area contributed by atoms with Crippen LogP contribution in [0.5, 0.6) is 0 Å². The first-order valence-electron chi connectivity index (χ1n) is 8.67. The number of nitrogens with zero attached hydrogens (tertiary/aromatic N) is 4. The summed E-state index contributed by atoms with van der Waals surface area (Å²) in [6, 6.07) is 16.1. The number of hydrogen-bond acceptors (Lipinski definition) is 6. The van der Waals surface area contributed by atoms with Gasteiger partial charge in [0, 0.05) is 11.1 Å². The number of thiazole rings is 1. The Balaban J connectivity index is 1.73. The van der Waals surface area contributed by atoms with Crippen LogP contribution in [0.15, 0.2) is 59.4 Å². The summed E-state index contributed by atoms with van der Waals surface area (Å²) in [5.74, 6) is -1.22. The molecule has 29 heavy (non-hydrogen) atoms. The van der Waals surface area contributed by atoms with Gasteiger partial charge in [-0.25, -0.2) is 0 Å². The number of fused-ring (bicyclic) bond motifs is 2. The smallest absolute Gasteiger partial charge is 0.323 e. The van der Waals surface area contributed by atoms with Crippen molar-refractivity contribution in [3.8, 4) is 11.4 Å². The van der Waals surface area contributed by atoms with Crippen molar-refractivity contribution in [1.29, 1.82) is 0 Å². The number of para-hydroxylation sites is 1. The average Bonchev–Trinajstić information content (AvgIpc) is 3.35. The van der Waals surface area contributed by atoms with Crippen molar-refractivity contribution in [2.24, 2.45) is 0 Å². The standard InChI is InChI=1S/C20H12N4O4S/c25-14(26)10-23-13-9-5-4-8-12(13)15(18(23)27)16-19(28)24-20(29-16)21-17(22-24)11-6-2-1-3-7-11/h1-9H,10H2,(H,25,26). The average molecular weight is 404 g/mol. The largest absolute Gasteiger partial charge is 0.480 e. The Bertz CT molecular complexity index is 1410. The van der Waals surface area contributed by atoms with Gasteiger partial charge in [0.1, 0.15) is 11.1 Å². The van der Waals surface area contributed by atoms with E-state index < -0.39 is 24.0 Å². The third-order valence-electron chi connectivity index (χ3n) is 4.63.